The molecule has 1 aliphatic heterocycles. The van der Waals surface area contributed by atoms with Crippen molar-refractivity contribution in [1.82, 2.24) is 14.5 Å². The van der Waals surface area contributed by atoms with Crippen LogP contribution in [0, 0.1) is 0 Å². The highest BCUT2D eigenvalue weighted by Gasteiger charge is 2.37. The van der Waals surface area contributed by atoms with Gasteiger partial charge in [-0.05, 0) is 53.2 Å². The van der Waals surface area contributed by atoms with Crippen molar-refractivity contribution in [2.45, 2.75) is 71.7 Å². The van der Waals surface area contributed by atoms with Gasteiger partial charge in [-0.15, -0.1) is 0 Å². The average Bonchev–Trinajstić information content (AvgIpc) is 2.99. The Bertz CT molecular complexity index is 883. The van der Waals surface area contributed by atoms with Crippen LogP contribution in [0.3, 0.4) is 0 Å². The maximum absolute atomic E-state index is 12.8. The largest absolute Gasteiger partial charge is 0.444 e. The summed E-state index contributed by atoms with van der Waals surface area (Å²) in [6.45, 7) is 13.3. The Morgan fingerprint density at radius 2 is 2.07 bits per heavy atom. The Kier molecular flexibility index (Phi) is 5.81. The highest BCUT2D eigenvalue weighted by molar-refractivity contribution is 5.81. The van der Waals surface area contributed by atoms with Crippen LogP contribution in [-0.2, 0) is 11.8 Å². The monoisotopic (exact) mass is 401 g/mol. The molecule has 3 rings (SSSR count). The zero-order valence-electron chi connectivity index (χ0n) is 18.8. The van der Waals surface area contributed by atoms with Crippen LogP contribution in [0.5, 0.6) is 0 Å². The summed E-state index contributed by atoms with van der Waals surface area (Å²) in [6.07, 6.45) is 2.64. The number of ether oxygens (including phenoxy) is 1. The maximum Gasteiger partial charge on any atom is 0.410 e. The SMILES string of the molecule is CC[C@H]1CN(c2cc3c(ccn3C)nc2[C@H](C)N)[C@@H](C)CN1C(=O)OC(C)(C)C. The molecular formula is C22H35N5O2. The fraction of sp³-hybridized carbons (Fsp3) is 0.636. The summed E-state index contributed by atoms with van der Waals surface area (Å²) in [6, 6.07) is 4.23. The maximum atomic E-state index is 12.8. The summed E-state index contributed by atoms with van der Waals surface area (Å²) in [4.78, 5) is 21.9. The summed E-state index contributed by atoms with van der Waals surface area (Å²) < 4.78 is 7.74. The van der Waals surface area contributed by atoms with Crippen molar-refractivity contribution >= 4 is 22.8 Å². The van der Waals surface area contributed by atoms with E-state index in [9.17, 15) is 4.79 Å². The first-order valence-electron chi connectivity index (χ1n) is 10.5. The molecule has 2 N–H and O–H groups in total. The van der Waals surface area contributed by atoms with Crippen LogP contribution >= 0.6 is 0 Å². The molecular weight excluding hydrogens is 366 g/mol. The van der Waals surface area contributed by atoms with Gasteiger partial charge in [0, 0.05) is 38.4 Å². The second kappa shape index (κ2) is 7.86. The fourth-order valence-corrected chi connectivity index (χ4v) is 4.02. The van der Waals surface area contributed by atoms with Crippen LogP contribution in [-0.4, -0.2) is 51.3 Å². The second-order valence-electron chi connectivity index (χ2n) is 9.21. The predicted molar refractivity (Wildman–Crippen MR) is 117 cm³/mol. The van der Waals surface area contributed by atoms with Crippen LogP contribution in [0.1, 0.15) is 59.7 Å². The number of piperazine rings is 1. The van der Waals surface area contributed by atoms with Crippen molar-refractivity contribution in [1.29, 1.82) is 0 Å². The van der Waals surface area contributed by atoms with Gasteiger partial charge in [0.2, 0.25) is 0 Å². The van der Waals surface area contributed by atoms with Gasteiger partial charge in [-0.1, -0.05) is 6.92 Å². The number of anilines is 1. The topological polar surface area (TPSA) is 76.6 Å². The standard InChI is InChI=1S/C22H35N5O2/c1-8-16-13-26(14(2)12-27(16)21(28)29-22(4,5)6)19-11-18-17(9-10-25(18)7)24-20(19)15(3)23/h9-11,14-16H,8,12-13,23H2,1-7H3/t14-,15-,16-/m0/s1. The molecule has 0 radical (unpaired) electrons. The third-order valence-corrected chi connectivity index (χ3v) is 5.56. The third-order valence-electron chi connectivity index (χ3n) is 5.56. The average molecular weight is 402 g/mol. The number of nitrogens with zero attached hydrogens (tertiary/aromatic N) is 4. The molecule has 3 atom stereocenters. The Balaban J connectivity index is 1.95. The van der Waals surface area contributed by atoms with Gasteiger partial charge in [0.1, 0.15) is 5.60 Å². The Hall–Kier alpha value is -2.28. The molecule has 7 heteroatoms. The Labute approximate surface area is 173 Å². The number of nitrogens with two attached hydrogens (primary N) is 1. The number of aryl methyl sites for hydroxylation is 1. The smallest absolute Gasteiger partial charge is 0.410 e. The molecule has 0 aromatic carbocycles. The molecule has 0 spiro atoms. The lowest BCUT2D eigenvalue weighted by atomic mass is 10.0. The molecule has 1 aliphatic rings. The predicted octanol–water partition coefficient (Wildman–Crippen LogP) is 3.82. The first kappa shape index (κ1) is 21.4. The Morgan fingerprint density at radius 3 is 2.66 bits per heavy atom. The van der Waals surface area contributed by atoms with E-state index in [1.807, 2.05) is 51.9 Å². The van der Waals surface area contributed by atoms with Crippen LogP contribution in [0.4, 0.5) is 10.5 Å². The van der Waals surface area contributed by atoms with Gasteiger partial charge in [0.05, 0.1) is 28.5 Å². The summed E-state index contributed by atoms with van der Waals surface area (Å²) in [5.41, 5.74) is 9.79. The van der Waals surface area contributed by atoms with Gasteiger partial charge in [0.15, 0.2) is 0 Å². The lowest BCUT2D eigenvalue weighted by Gasteiger charge is -2.46. The molecule has 3 heterocycles. The highest BCUT2D eigenvalue weighted by atomic mass is 16.6. The summed E-state index contributed by atoms with van der Waals surface area (Å²) in [5.74, 6) is 0. The van der Waals surface area contributed by atoms with E-state index >= 15 is 0 Å². The number of carbonyl (C=O) groups is 1. The number of aromatic nitrogens is 2. The van der Waals surface area contributed by atoms with Crippen LogP contribution in [0.25, 0.3) is 11.0 Å². The van der Waals surface area contributed by atoms with Gasteiger partial charge >= 0.3 is 6.09 Å². The summed E-state index contributed by atoms with van der Waals surface area (Å²) in [5, 5.41) is 0. The zero-order valence-corrected chi connectivity index (χ0v) is 18.8. The molecule has 1 amide bonds. The number of hydrogen-bond donors (Lipinski definition) is 1. The number of amides is 1. The van der Waals surface area contributed by atoms with E-state index in [1.165, 1.54) is 0 Å². The van der Waals surface area contributed by atoms with Crippen molar-refractivity contribution < 1.29 is 9.53 Å². The van der Waals surface area contributed by atoms with Crippen LogP contribution in [0.15, 0.2) is 18.3 Å². The number of fused-ring (bicyclic) bond motifs is 1. The third kappa shape index (κ3) is 4.34. The summed E-state index contributed by atoms with van der Waals surface area (Å²) >= 11 is 0. The molecule has 29 heavy (non-hydrogen) atoms. The Morgan fingerprint density at radius 1 is 1.38 bits per heavy atom. The van der Waals surface area contributed by atoms with Crippen LogP contribution in [0.2, 0.25) is 0 Å². The molecule has 160 valence electrons. The van der Waals surface area contributed by atoms with Crippen LogP contribution < -0.4 is 10.6 Å². The van der Waals surface area contributed by atoms with Gasteiger partial charge < -0.3 is 24.8 Å². The van der Waals surface area contributed by atoms with Gasteiger partial charge in [-0.2, -0.15) is 0 Å². The van der Waals surface area contributed by atoms with Crippen molar-refractivity contribution in [3.63, 3.8) is 0 Å². The number of rotatable bonds is 3. The quantitative estimate of drug-likeness (QED) is 0.846. The molecule has 0 unspecified atom stereocenters. The van der Waals surface area contributed by atoms with Crippen molar-refractivity contribution in [3.8, 4) is 0 Å². The molecule has 2 aromatic heterocycles. The number of carbonyl (C=O) groups excluding carboxylic acids is 1. The minimum Gasteiger partial charge on any atom is -0.444 e. The van der Waals surface area contributed by atoms with Crippen molar-refractivity contribution in [3.05, 3.63) is 24.0 Å². The van der Waals surface area contributed by atoms with Crippen molar-refractivity contribution in [2.75, 3.05) is 18.0 Å². The normalized spacial score (nSPS) is 21.5. The lowest BCUT2D eigenvalue weighted by molar-refractivity contribution is 0.0106. The number of pyridine rings is 1. The fourth-order valence-electron chi connectivity index (χ4n) is 4.02. The summed E-state index contributed by atoms with van der Waals surface area (Å²) in [7, 11) is 2.03. The molecule has 0 aliphatic carbocycles. The minimum atomic E-state index is -0.501. The van der Waals surface area contributed by atoms with E-state index in [1.54, 1.807) is 0 Å². The van der Waals surface area contributed by atoms with E-state index in [2.05, 4.69) is 29.4 Å². The molecule has 1 fully saturated rings. The van der Waals surface area contributed by atoms with E-state index in [4.69, 9.17) is 15.5 Å². The van der Waals surface area contributed by atoms with E-state index in [-0.39, 0.29) is 24.2 Å². The first-order valence-corrected chi connectivity index (χ1v) is 10.5. The lowest BCUT2D eigenvalue weighted by Crippen LogP contribution is -2.60. The van der Waals surface area contributed by atoms with Gasteiger partial charge in [-0.25, -0.2) is 9.78 Å². The van der Waals surface area contributed by atoms with Gasteiger partial charge in [0.25, 0.3) is 0 Å². The van der Waals surface area contributed by atoms with E-state index in [0.29, 0.717) is 6.54 Å². The first-order chi connectivity index (χ1) is 13.5. The van der Waals surface area contributed by atoms with E-state index in [0.717, 1.165) is 35.4 Å². The molecule has 0 bridgehead atoms. The molecule has 7 nitrogen and oxygen atoms in total. The highest BCUT2D eigenvalue weighted by Crippen LogP contribution is 2.33. The van der Waals surface area contributed by atoms with E-state index < -0.39 is 5.60 Å². The van der Waals surface area contributed by atoms with Gasteiger partial charge in [-0.3, -0.25) is 0 Å². The zero-order chi connectivity index (χ0) is 21.5. The molecule has 0 saturated carbocycles. The number of hydrogen-bond acceptors (Lipinski definition) is 5. The molecule has 1 saturated heterocycles. The second-order valence-corrected chi connectivity index (χ2v) is 9.21. The molecule has 2 aromatic rings. The minimum absolute atomic E-state index is 0.0751. The van der Waals surface area contributed by atoms with Crippen molar-refractivity contribution in [2.24, 2.45) is 12.8 Å².